The van der Waals surface area contributed by atoms with Crippen molar-refractivity contribution in [2.75, 3.05) is 13.2 Å². The number of halogens is 5. The van der Waals surface area contributed by atoms with Crippen molar-refractivity contribution in [1.82, 2.24) is 10.6 Å². The Morgan fingerprint density at radius 3 is 2.46 bits per heavy atom. The normalized spacial score (nSPS) is 10.9. The predicted octanol–water partition coefficient (Wildman–Crippen LogP) is 1.95. The second-order valence-electron chi connectivity index (χ2n) is 4.38. The number of hydrogen-bond acceptors (Lipinski definition) is 4. The largest absolute Gasteiger partial charge is 0.455 e. The minimum Gasteiger partial charge on any atom is -0.455 e. The molecule has 3 amide bonds. The van der Waals surface area contributed by atoms with Crippen molar-refractivity contribution in [2.24, 2.45) is 0 Å². The van der Waals surface area contributed by atoms with Crippen LogP contribution in [0.15, 0.2) is 18.2 Å². The third-order valence-corrected chi connectivity index (χ3v) is 2.80. The van der Waals surface area contributed by atoms with Gasteiger partial charge in [-0.05, 0) is 12.1 Å². The molecule has 1 rings (SSSR count). The monoisotopic (exact) mass is 370 g/mol. The van der Waals surface area contributed by atoms with Crippen molar-refractivity contribution in [3.63, 3.8) is 0 Å². The van der Waals surface area contributed by atoms with Crippen molar-refractivity contribution in [2.45, 2.75) is 12.6 Å². The maximum absolute atomic E-state index is 13.4. The average molecular weight is 371 g/mol. The first-order valence-electron chi connectivity index (χ1n) is 6.31. The van der Waals surface area contributed by atoms with E-state index in [9.17, 15) is 31.9 Å². The van der Waals surface area contributed by atoms with Gasteiger partial charge >= 0.3 is 18.2 Å². The van der Waals surface area contributed by atoms with Gasteiger partial charge in [-0.15, -0.1) is 0 Å². The Balaban J connectivity index is 2.39. The summed E-state index contributed by atoms with van der Waals surface area (Å²) in [5.41, 5.74) is -0.132. The van der Waals surface area contributed by atoms with Crippen LogP contribution < -0.4 is 10.6 Å². The number of ether oxygens (including phenoxy) is 1. The molecule has 0 aliphatic carbocycles. The highest BCUT2D eigenvalue weighted by atomic mass is 35.5. The molecule has 0 aliphatic heterocycles. The molecule has 0 fully saturated rings. The van der Waals surface area contributed by atoms with Gasteiger partial charge in [0.25, 0.3) is 5.91 Å². The number of amides is 3. The molecule has 132 valence electrons. The average Bonchev–Trinajstić information content (AvgIpc) is 2.46. The number of carbonyl (C=O) groups excluding carboxylic acids is 3. The van der Waals surface area contributed by atoms with Crippen LogP contribution >= 0.6 is 11.6 Å². The molecule has 0 bridgehead atoms. The number of nitrogens with one attached hydrogen (secondary N) is 2. The number of carbonyl (C=O) groups is 3. The number of urea groups is 1. The van der Waals surface area contributed by atoms with Crippen LogP contribution in [0.2, 0.25) is 5.02 Å². The third kappa shape index (κ3) is 7.27. The zero-order chi connectivity index (χ0) is 18.3. The molecule has 0 aliphatic rings. The van der Waals surface area contributed by atoms with Crippen molar-refractivity contribution in [3.8, 4) is 0 Å². The number of alkyl halides is 3. The maximum atomic E-state index is 13.4. The molecular formula is C13H11ClF4N2O4. The molecule has 2 N–H and O–H groups in total. The molecule has 0 spiro atoms. The van der Waals surface area contributed by atoms with Crippen LogP contribution in [0, 0.1) is 5.82 Å². The Morgan fingerprint density at radius 2 is 1.88 bits per heavy atom. The fourth-order valence-electron chi connectivity index (χ4n) is 1.43. The third-order valence-electron chi connectivity index (χ3n) is 2.45. The summed E-state index contributed by atoms with van der Waals surface area (Å²) in [7, 11) is 0. The highest BCUT2D eigenvalue weighted by Crippen LogP contribution is 2.19. The van der Waals surface area contributed by atoms with E-state index in [1.54, 1.807) is 0 Å². The lowest BCUT2D eigenvalue weighted by molar-refractivity contribution is -0.147. The van der Waals surface area contributed by atoms with Crippen LogP contribution in [0.3, 0.4) is 0 Å². The van der Waals surface area contributed by atoms with E-state index in [0.29, 0.717) is 0 Å². The van der Waals surface area contributed by atoms with Gasteiger partial charge in [-0.3, -0.25) is 14.9 Å². The van der Waals surface area contributed by atoms with Crippen molar-refractivity contribution < 1.29 is 36.7 Å². The van der Waals surface area contributed by atoms with Crippen molar-refractivity contribution in [1.29, 1.82) is 0 Å². The molecule has 0 radical (unpaired) electrons. The van der Waals surface area contributed by atoms with Crippen LogP contribution in [0.4, 0.5) is 22.4 Å². The predicted molar refractivity (Wildman–Crippen MR) is 73.7 cm³/mol. The first-order chi connectivity index (χ1) is 11.1. The molecule has 0 unspecified atom stereocenters. The van der Waals surface area contributed by atoms with Gasteiger partial charge in [0, 0.05) is 10.6 Å². The molecule has 0 heterocycles. The Hall–Kier alpha value is -2.36. The lowest BCUT2D eigenvalue weighted by Gasteiger charge is -2.09. The van der Waals surface area contributed by atoms with Gasteiger partial charge < -0.3 is 10.1 Å². The van der Waals surface area contributed by atoms with Crippen LogP contribution in [0.25, 0.3) is 0 Å². The number of rotatable bonds is 5. The quantitative estimate of drug-likeness (QED) is 0.613. The van der Waals surface area contributed by atoms with Gasteiger partial charge in [-0.25, -0.2) is 9.18 Å². The fourth-order valence-corrected chi connectivity index (χ4v) is 1.66. The lowest BCUT2D eigenvalue weighted by Crippen LogP contribution is -2.44. The summed E-state index contributed by atoms with van der Waals surface area (Å²) < 4.78 is 53.5. The Labute approximate surface area is 138 Å². The molecule has 0 saturated carbocycles. The molecule has 1 aromatic carbocycles. The van der Waals surface area contributed by atoms with E-state index >= 15 is 0 Å². The zero-order valence-electron chi connectivity index (χ0n) is 11.9. The Morgan fingerprint density at radius 1 is 1.21 bits per heavy atom. The van der Waals surface area contributed by atoms with E-state index in [1.807, 2.05) is 0 Å². The first kappa shape index (κ1) is 19.7. The summed E-state index contributed by atoms with van der Waals surface area (Å²) in [5.74, 6) is -2.90. The standard InChI is InChI=1S/C13H11ClF4N2O4/c14-8-2-1-3-9(15)7(8)4-11(22)24-5-10(21)20-12(23)19-6-13(16,17)18/h1-3H,4-6H2,(H2,19,20,21,23). The van der Waals surface area contributed by atoms with E-state index in [4.69, 9.17) is 11.6 Å². The smallest absolute Gasteiger partial charge is 0.405 e. The van der Waals surface area contributed by atoms with Crippen LogP contribution in [-0.4, -0.2) is 37.2 Å². The van der Waals surface area contributed by atoms with Crippen LogP contribution in [0.1, 0.15) is 5.56 Å². The summed E-state index contributed by atoms with van der Waals surface area (Å²) in [6.07, 6.45) is -5.19. The van der Waals surface area contributed by atoms with E-state index in [1.165, 1.54) is 22.8 Å². The molecule has 0 aromatic heterocycles. The molecule has 0 atom stereocenters. The van der Waals surface area contributed by atoms with Gasteiger partial charge in [-0.1, -0.05) is 17.7 Å². The second kappa shape index (κ2) is 8.48. The fraction of sp³-hybridized carbons (Fsp3) is 0.308. The van der Waals surface area contributed by atoms with Gasteiger partial charge in [0.2, 0.25) is 0 Å². The highest BCUT2D eigenvalue weighted by molar-refractivity contribution is 6.31. The van der Waals surface area contributed by atoms with Gasteiger partial charge in [0.05, 0.1) is 6.42 Å². The van der Waals surface area contributed by atoms with Crippen molar-refractivity contribution >= 4 is 29.5 Å². The summed E-state index contributed by atoms with van der Waals surface area (Å²) in [6, 6.07) is 2.36. The Kier molecular flexibility index (Phi) is 6.96. The van der Waals surface area contributed by atoms with E-state index in [2.05, 4.69) is 4.74 Å². The molecule has 6 nitrogen and oxygen atoms in total. The van der Waals surface area contributed by atoms with Gasteiger partial charge in [0.15, 0.2) is 6.61 Å². The summed E-state index contributed by atoms with van der Waals surface area (Å²) in [4.78, 5) is 33.7. The number of esters is 1. The number of hydrogen-bond donors (Lipinski definition) is 2. The van der Waals surface area contributed by atoms with Crippen LogP contribution in [-0.2, 0) is 20.7 Å². The highest BCUT2D eigenvalue weighted by Gasteiger charge is 2.28. The SMILES string of the molecule is O=C(COC(=O)Cc1c(F)cccc1Cl)NC(=O)NCC(F)(F)F. The first-order valence-corrected chi connectivity index (χ1v) is 6.69. The molecular weight excluding hydrogens is 360 g/mol. The summed E-state index contributed by atoms with van der Waals surface area (Å²) >= 11 is 5.70. The van der Waals surface area contributed by atoms with E-state index < -0.39 is 49.5 Å². The topological polar surface area (TPSA) is 84.5 Å². The molecule has 11 heteroatoms. The molecule has 0 saturated heterocycles. The number of imide groups is 1. The molecule has 1 aromatic rings. The minimum absolute atomic E-state index is 0.0112. The minimum atomic E-state index is -4.63. The zero-order valence-corrected chi connectivity index (χ0v) is 12.6. The maximum Gasteiger partial charge on any atom is 0.405 e. The van der Waals surface area contributed by atoms with Crippen LogP contribution in [0.5, 0.6) is 0 Å². The van der Waals surface area contributed by atoms with Gasteiger partial charge in [0.1, 0.15) is 12.4 Å². The van der Waals surface area contributed by atoms with E-state index in [-0.39, 0.29) is 10.6 Å². The Bertz CT molecular complexity index is 617. The second-order valence-corrected chi connectivity index (χ2v) is 4.79. The lowest BCUT2D eigenvalue weighted by atomic mass is 10.1. The van der Waals surface area contributed by atoms with E-state index in [0.717, 1.165) is 6.07 Å². The number of benzene rings is 1. The van der Waals surface area contributed by atoms with Crippen molar-refractivity contribution in [3.05, 3.63) is 34.6 Å². The summed E-state index contributed by atoms with van der Waals surface area (Å²) in [6.45, 7) is -2.55. The summed E-state index contributed by atoms with van der Waals surface area (Å²) in [5, 5.41) is 2.91. The molecule has 24 heavy (non-hydrogen) atoms. The van der Waals surface area contributed by atoms with Gasteiger partial charge in [-0.2, -0.15) is 13.2 Å².